The smallest absolute Gasteiger partial charge is 0.343 e. The predicted molar refractivity (Wildman–Crippen MR) is 139 cm³/mol. The lowest BCUT2D eigenvalue weighted by Gasteiger charge is -2.10. The summed E-state index contributed by atoms with van der Waals surface area (Å²) < 4.78 is 12.3. The molecule has 5 heteroatoms. The first kappa shape index (κ1) is 22.6. The molecule has 0 N–H and O–H groups in total. The zero-order chi connectivity index (χ0) is 24.2. The number of hydrogen-bond donors (Lipinski definition) is 0. The predicted octanol–water partition coefficient (Wildman–Crippen LogP) is 7.57. The van der Waals surface area contributed by atoms with Gasteiger partial charge < -0.3 is 9.47 Å². The number of thiophene rings is 1. The average molecular weight is 479 g/mol. The molecule has 0 unspecified atom stereocenters. The van der Waals surface area contributed by atoms with Gasteiger partial charge in [-0.2, -0.15) is 0 Å². The lowest BCUT2D eigenvalue weighted by atomic mass is 10.1. The second-order valence-electron chi connectivity index (χ2n) is 8.00. The summed E-state index contributed by atoms with van der Waals surface area (Å²) in [6, 6.07) is 31.6. The van der Waals surface area contributed by atoms with Gasteiger partial charge in [0.25, 0.3) is 0 Å². The minimum Gasteiger partial charge on any atom is -0.423 e. The molecule has 35 heavy (non-hydrogen) atoms. The molecule has 4 nitrogen and oxygen atoms in total. The van der Waals surface area contributed by atoms with Crippen molar-refractivity contribution in [1.82, 2.24) is 0 Å². The highest BCUT2D eigenvalue weighted by Gasteiger charge is 2.14. The van der Waals surface area contributed by atoms with Gasteiger partial charge in [-0.25, -0.2) is 9.59 Å². The van der Waals surface area contributed by atoms with Crippen LogP contribution in [0.5, 0.6) is 11.5 Å². The Morgan fingerprint density at radius 2 is 1.37 bits per heavy atom. The van der Waals surface area contributed by atoms with Gasteiger partial charge in [0.1, 0.15) is 11.5 Å². The van der Waals surface area contributed by atoms with E-state index in [0.717, 1.165) is 32.5 Å². The standard InChI is InChI=1S/C30H22O4S/c1-2-20-17-23(14-16-26(20)34-30(32)22-11-7-4-8-12-22)27-18-24-13-15-25(19-28(24)35-27)33-29(31)21-9-5-3-6-10-21/h3-19H,2H2,1H3. The molecule has 0 atom stereocenters. The van der Waals surface area contributed by atoms with Crippen LogP contribution in [0.25, 0.3) is 20.5 Å². The molecule has 4 aromatic carbocycles. The number of fused-ring (bicyclic) bond motifs is 1. The summed E-state index contributed by atoms with van der Waals surface area (Å²) in [7, 11) is 0. The molecule has 0 saturated carbocycles. The van der Waals surface area contributed by atoms with Gasteiger partial charge >= 0.3 is 11.9 Å². The first-order valence-corrected chi connectivity index (χ1v) is 12.1. The van der Waals surface area contributed by atoms with E-state index in [0.29, 0.717) is 22.6 Å². The van der Waals surface area contributed by atoms with Crippen molar-refractivity contribution in [2.45, 2.75) is 13.3 Å². The number of ether oxygens (including phenoxy) is 2. The summed E-state index contributed by atoms with van der Waals surface area (Å²) in [4.78, 5) is 26.0. The minimum atomic E-state index is -0.380. The number of hydrogen-bond acceptors (Lipinski definition) is 5. The lowest BCUT2D eigenvalue weighted by molar-refractivity contribution is 0.0724. The molecule has 5 rings (SSSR count). The SMILES string of the molecule is CCc1cc(-c2cc3ccc(OC(=O)c4ccccc4)cc3s2)ccc1OC(=O)c1ccccc1. The van der Waals surface area contributed by atoms with Gasteiger partial charge in [0.15, 0.2) is 0 Å². The minimum absolute atomic E-state index is 0.368. The number of benzene rings is 4. The van der Waals surface area contributed by atoms with Crippen LogP contribution in [0.1, 0.15) is 33.2 Å². The van der Waals surface area contributed by atoms with Crippen molar-refractivity contribution >= 4 is 33.4 Å². The molecule has 0 saturated heterocycles. The Labute approximate surface area is 207 Å². The van der Waals surface area contributed by atoms with Gasteiger partial charge in [0.05, 0.1) is 11.1 Å². The summed E-state index contributed by atoms with van der Waals surface area (Å²) >= 11 is 1.62. The molecular weight excluding hydrogens is 456 g/mol. The van der Waals surface area contributed by atoms with E-state index in [2.05, 4.69) is 12.1 Å². The van der Waals surface area contributed by atoms with E-state index in [1.165, 1.54) is 0 Å². The largest absolute Gasteiger partial charge is 0.423 e. The van der Waals surface area contributed by atoms with Gasteiger partial charge in [-0.3, -0.25) is 0 Å². The second kappa shape index (κ2) is 9.95. The maximum atomic E-state index is 12.5. The first-order valence-electron chi connectivity index (χ1n) is 11.3. The van der Waals surface area contributed by atoms with Crippen LogP contribution in [0.3, 0.4) is 0 Å². The maximum Gasteiger partial charge on any atom is 0.343 e. The highest BCUT2D eigenvalue weighted by atomic mass is 32.1. The maximum absolute atomic E-state index is 12.5. The lowest BCUT2D eigenvalue weighted by Crippen LogP contribution is -2.09. The molecule has 0 aliphatic carbocycles. The highest BCUT2D eigenvalue weighted by molar-refractivity contribution is 7.22. The Morgan fingerprint density at radius 1 is 0.714 bits per heavy atom. The molecule has 0 amide bonds. The monoisotopic (exact) mass is 478 g/mol. The van der Waals surface area contributed by atoms with E-state index >= 15 is 0 Å². The number of carbonyl (C=O) groups excluding carboxylic acids is 2. The van der Waals surface area contributed by atoms with E-state index in [-0.39, 0.29) is 11.9 Å². The van der Waals surface area contributed by atoms with E-state index in [1.807, 2.05) is 73.7 Å². The zero-order valence-electron chi connectivity index (χ0n) is 19.1. The Bertz CT molecular complexity index is 1500. The van der Waals surface area contributed by atoms with Crippen LogP contribution in [-0.2, 0) is 6.42 Å². The fourth-order valence-corrected chi connectivity index (χ4v) is 4.89. The molecule has 1 heterocycles. The van der Waals surface area contributed by atoms with Crippen molar-refractivity contribution in [3.63, 3.8) is 0 Å². The number of esters is 2. The molecule has 0 bridgehead atoms. The third-order valence-corrected chi connectivity index (χ3v) is 6.80. The Kier molecular flexibility index (Phi) is 6.42. The third kappa shape index (κ3) is 5.00. The summed E-state index contributed by atoms with van der Waals surface area (Å²) in [6.07, 6.45) is 0.732. The normalized spacial score (nSPS) is 10.8. The van der Waals surface area contributed by atoms with Crippen molar-refractivity contribution in [1.29, 1.82) is 0 Å². The molecule has 0 fully saturated rings. The topological polar surface area (TPSA) is 52.6 Å². The summed E-state index contributed by atoms with van der Waals surface area (Å²) in [5.41, 5.74) is 3.04. The van der Waals surface area contributed by atoms with E-state index in [4.69, 9.17) is 9.47 Å². The Morgan fingerprint density at radius 3 is 2.03 bits per heavy atom. The van der Waals surface area contributed by atoms with Gasteiger partial charge in [0.2, 0.25) is 0 Å². The Hall–Kier alpha value is -4.22. The van der Waals surface area contributed by atoms with Crippen LogP contribution in [0.4, 0.5) is 0 Å². The average Bonchev–Trinajstić information content (AvgIpc) is 3.33. The van der Waals surface area contributed by atoms with E-state index < -0.39 is 0 Å². The van der Waals surface area contributed by atoms with Crippen LogP contribution < -0.4 is 9.47 Å². The molecule has 5 aromatic rings. The molecule has 0 radical (unpaired) electrons. The quantitative estimate of drug-likeness (QED) is 0.187. The molecule has 0 aliphatic rings. The van der Waals surface area contributed by atoms with Crippen LogP contribution in [-0.4, -0.2) is 11.9 Å². The molecule has 1 aromatic heterocycles. The number of rotatable bonds is 6. The fraction of sp³-hybridized carbons (Fsp3) is 0.0667. The third-order valence-electron chi connectivity index (χ3n) is 5.65. The Balaban J connectivity index is 1.37. The van der Waals surface area contributed by atoms with Gasteiger partial charge in [-0.1, -0.05) is 43.3 Å². The van der Waals surface area contributed by atoms with Crippen LogP contribution in [0, 0.1) is 0 Å². The molecule has 0 aliphatic heterocycles. The van der Waals surface area contributed by atoms with Crippen molar-refractivity contribution in [2.75, 3.05) is 0 Å². The van der Waals surface area contributed by atoms with Gasteiger partial charge in [-0.05, 0) is 89.7 Å². The second-order valence-corrected chi connectivity index (χ2v) is 9.08. The zero-order valence-corrected chi connectivity index (χ0v) is 19.9. The number of aryl methyl sites for hydroxylation is 1. The molecule has 0 spiro atoms. The van der Waals surface area contributed by atoms with Crippen molar-refractivity contribution in [3.8, 4) is 21.9 Å². The number of carbonyl (C=O) groups is 2. The fourth-order valence-electron chi connectivity index (χ4n) is 3.80. The van der Waals surface area contributed by atoms with Crippen LogP contribution >= 0.6 is 11.3 Å². The van der Waals surface area contributed by atoms with Crippen molar-refractivity contribution in [2.24, 2.45) is 0 Å². The molecular formula is C30H22O4S. The first-order chi connectivity index (χ1) is 17.1. The van der Waals surface area contributed by atoms with E-state index in [1.54, 1.807) is 35.6 Å². The van der Waals surface area contributed by atoms with Crippen molar-refractivity contribution < 1.29 is 19.1 Å². The van der Waals surface area contributed by atoms with Crippen molar-refractivity contribution in [3.05, 3.63) is 120 Å². The highest BCUT2D eigenvalue weighted by Crippen LogP contribution is 2.37. The van der Waals surface area contributed by atoms with Crippen LogP contribution in [0.2, 0.25) is 0 Å². The summed E-state index contributed by atoms with van der Waals surface area (Å²) in [5, 5.41) is 1.07. The van der Waals surface area contributed by atoms with Crippen LogP contribution in [0.15, 0.2) is 103 Å². The van der Waals surface area contributed by atoms with E-state index in [9.17, 15) is 9.59 Å². The van der Waals surface area contributed by atoms with Gasteiger partial charge in [0, 0.05) is 9.58 Å². The van der Waals surface area contributed by atoms with Gasteiger partial charge in [-0.15, -0.1) is 11.3 Å². The summed E-state index contributed by atoms with van der Waals surface area (Å²) in [6.45, 7) is 2.04. The summed E-state index contributed by atoms with van der Waals surface area (Å²) in [5.74, 6) is 0.334. The molecule has 172 valence electrons.